The second-order valence-corrected chi connectivity index (χ2v) is 14.1. The van der Waals surface area contributed by atoms with E-state index in [9.17, 15) is 28.2 Å². The van der Waals surface area contributed by atoms with Crippen LogP contribution in [0.4, 0.5) is 0 Å². The Morgan fingerprint density at radius 2 is 1.76 bits per heavy atom. The summed E-state index contributed by atoms with van der Waals surface area (Å²) in [6.07, 6.45) is 0.140. The lowest BCUT2D eigenvalue weighted by Gasteiger charge is -2.51. The summed E-state index contributed by atoms with van der Waals surface area (Å²) in [7, 11) is -3.79. The van der Waals surface area contributed by atoms with Crippen molar-refractivity contribution in [2.45, 2.75) is 70.6 Å². The molecular formula is C28H35Cl2NO6S. The zero-order valence-electron chi connectivity index (χ0n) is 22.0. The third-order valence-electron chi connectivity index (χ3n) is 7.02. The molecule has 1 aliphatic heterocycles. The standard InChI is InChI=1S/C28H35Cl2NO6S/c1-5-22(16-38(36,37)17-27(2,3)35)31-25(18-9-11-20(29)12-10-18)23(19-7-6-8-21(30)13-19)14-28(4,26(31)34)15-24(32)33/h6-13,22-23,25,35H,5,14-17H2,1-4H3,(H,32,33). The number of nitrogens with zero attached hydrogens (tertiary/aromatic N) is 1. The first-order chi connectivity index (χ1) is 17.5. The van der Waals surface area contributed by atoms with Gasteiger partial charge in [-0.05, 0) is 62.1 Å². The van der Waals surface area contributed by atoms with Gasteiger partial charge in [0.15, 0.2) is 9.84 Å². The van der Waals surface area contributed by atoms with Crippen LogP contribution in [0.3, 0.4) is 0 Å². The van der Waals surface area contributed by atoms with Crippen LogP contribution < -0.4 is 0 Å². The number of hydrogen-bond donors (Lipinski definition) is 2. The van der Waals surface area contributed by atoms with Crippen LogP contribution in [0.25, 0.3) is 0 Å². The monoisotopic (exact) mass is 583 g/mol. The van der Waals surface area contributed by atoms with Crippen LogP contribution in [0.2, 0.25) is 10.0 Å². The molecule has 1 aliphatic rings. The fraction of sp³-hybridized carbons (Fsp3) is 0.500. The van der Waals surface area contributed by atoms with Crippen LogP contribution in [-0.2, 0) is 19.4 Å². The Morgan fingerprint density at radius 1 is 1.13 bits per heavy atom. The van der Waals surface area contributed by atoms with Crippen molar-refractivity contribution in [1.82, 2.24) is 4.90 Å². The quantitative estimate of drug-likeness (QED) is 0.382. The van der Waals surface area contributed by atoms with Gasteiger partial charge in [0.2, 0.25) is 5.91 Å². The van der Waals surface area contributed by atoms with Crippen LogP contribution in [0.15, 0.2) is 48.5 Å². The lowest BCUT2D eigenvalue weighted by atomic mass is 9.67. The Bertz CT molecular complexity index is 1270. The Labute approximate surface area is 234 Å². The number of likely N-dealkylation sites (tertiary alicyclic amines) is 1. The first kappa shape index (κ1) is 30.4. The molecule has 10 heteroatoms. The van der Waals surface area contributed by atoms with Gasteiger partial charge in [-0.1, -0.05) is 61.3 Å². The van der Waals surface area contributed by atoms with Crippen molar-refractivity contribution in [3.63, 3.8) is 0 Å². The maximum absolute atomic E-state index is 14.2. The lowest BCUT2D eigenvalue weighted by molar-refractivity contribution is -0.160. The molecule has 2 aromatic carbocycles. The molecule has 38 heavy (non-hydrogen) atoms. The molecule has 7 nitrogen and oxygen atoms in total. The third kappa shape index (κ3) is 7.29. The van der Waals surface area contributed by atoms with Crippen LogP contribution in [0.1, 0.15) is 70.0 Å². The Kier molecular flexibility index (Phi) is 9.24. The number of aliphatic hydroxyl groups is 1. The van der Waals surface area contributed by atoms with E-state index >= 15 is 0 Å². The summed E-state index contributed by atoms with van der Waals surface area (Å²) in [6.45, 7) is 6.28. The van der Waals surface area contributed by atoms with Gasteiger partial charge in [-0.2, -0.15) is 0 Å². The minimum Gasteiger partial charge on any atom is -0.481 e. The van der Waals surface area contributed by atoms with Crippen LogP contribution >= 0.6 is 23.2 Å². The number of hydrogen-bond acceptors (Lipinski definition) is 5. The predicted octanol–water partition coefficient (Wildman–Crippen LogP) is 5.50. The van der Waals surface area contributed by atoms with Gasteiger partial charge in [-0.15, -0.1) is 0 Å². The van der Waals surface area contributed by atoms with E-state index in [0.29, 0.717) is 16.5 Å². The molecule has 208 valence electrons. The normalized spacial score (nSPS) is 23.3. The Hall–Kier alpha value is -2.13. The molecule has 1 heterocycles. The molecule has 0 aliphatic carbocycles. The van der Waals surface area contributed by atoms with Crippen molar-refractivity contribution in [3.8, 4) is 0 Å². The van der Waals surface area contributed by atoms with Crippen molar-refractivity contribution in [3.05, 3.63) is 69.7 Å². The predicted molar refractivity (Wildman–Crippen MR) is 149 cm³/mol. The Balaban J connectivity index is 2.23. The van der Waals surface area contributed by atoms with E-state index in [1.54, 1.807) is 49.1 Å². The van der Waals surface area contributed by atoms with Gasteiger partial charge in [-0.3, -0.25) is 9.59 Å². The lowest BCUT2D eigenvalue weighted by Crippen LogP contribution is -2.57. The summed E-state index contributed by atoms with van der Waals surface area (Å²) in [4.78, 5) is 27.7. The van der Waals surface area contributed by atoms with Crippen molar-refractivity contribution >= 4 is 44.9 Å². The van der Waals surface area contributed by atoms with Crippen molar-refractivity contribution in [2.75, 3.05) is 11.5 Å². The van der Waals surface area contributed by atoms with E-state index in [4.69, 9.17) is 23.2 Å². The molecule has 1 saturated heterocycles. The van der Waals surface area contributed by atoms with Crippen molar-refractivity contribution in [1.29, 1.82) is 0 Å². The fourth-order valence-electron chi connectivity index (χ4n) is 5.57. The topological polar surface area (TPSA) is 112 Å². The number of piperidine rings is 1. The molecule has 1 amide bonds. The van der Waals surface area contributed by atoms with E-state index in [1.165, 1.54) is 13.8 Å². The van der Waals surface area contributed by atoms with E-state index in [1.807, 2.05) is 18.2 Å². The number of carbonyl (C=O) groups is 2. The molecule has 0 saturated carbocycles. The molecule has 1 fully saturated rings. The molecule has 3 rings (SSSR count). The van der Waals surface area contributed by atoms with Crippen molar-refractivity contribution < 1.29 is 28.2 Å². The SMILES string of the molecule is CCC(CS(=O)(=O)CC(C)(C)O)N1C(=O)C(C)(CC(=O)O)CC(c2cccc(Cl)c2)C1c1ccc(Cl)cc1. The highest BCUT2D eigenvalue weighted by Gasteiger charge is 2.52. The average molecular weight is 585 g/mol. The number of sulfone groups is 1. The summed E-state index contributed by atoms with van der Waals surface area (Å²) in [5, 5.41) is 20.9. The number of halogens is 2. The van der Waals surface area contributed by atoms with Crippen molar-refractivity contribution in [2.24, 2.45) is 5.41 Å². The van der Waals surface area contributed by atoms with E-state index in [2.05, 4.69) is 0 Å². The molecule has 0 spiro atoms. The number of carbonyl (C=O) groups excluding carboxylic acids is 1. The highest BCUT2D eigenvalue weighted by molar-refractivity contribution is 7.91. The second kappa shape index (κ2) is 11.5. The number of carboxylic acid groups (broad SMARTS) is 1. The second-order valence-electron chi connectivity index (χ2n) is 11.1. The van der Waals surface area contributed by atoms with Crippen LogP contribution in [0.5, 0.6) is 0 Å². The van der Waals surface area contributed by atoms with E-state index < -0.39 is 57.0 Å². The average Bonchev–Trinajstić information content (AvgIpc) is 2.78. The minimum atomic E-state index is -3.79. The maximum atomic E-state index is 14.2. The highest BCUT2D eigenvalue weighted by atomic mass is 35.5. The van der Waals surface area contributed by atoms with Crippen LogP contribution in [0, 0.1) is 5.41 Å². The molecule has 4 unspecified atom stereocenters. The first-order valence-electron chi connectivity index (χ1n) is 12.5. The third-order valence-corrected chi connectivity index (χ3v) is 9.54. The zero-order valence-corrected chi connectivity index (χ0v) is 24.4. The zero-order chi connectivity index (χ0) is 28.5. The summed E-state index contributed by atoms with van der Waals surface area (Å²) in [6, 6.07) is 12.9. The Morgan fingerprint density at radius 3 is 2.29 bits per heavy atom. The van der Waals surface area contributed by atoms with Gasteiger partial charge in [0.25, 0.3) is 0 Å². The van der Waals surface area contributed by atoms with Gasteiger partial charge in [-0.25, -0.2) is 8.42 Å². The van der Waals surface area contributed by atoms with Crippen LogP contribution in [-0.4, -0.2) is 58.6 Å². The minimum absolute atomic E-state index is 0.231. The fourth-order valence-corrected chi connectivity index (χ4v) is 8.07. The summed E-state index contributed by atoms with van der Waals surface area (Å²) in [5.74, 6) is -2.73. The number of rotatable bonds is 10. The number of benzene rings is 2. The summed E-state index contributed by atoms with van der Waals surface area (Å²) in [5.41, 5.74) is -1.15. The van der Waals surface area contributed by atoms with Gasteiger partial charge in [0, 0.05) is 22.0 Å². The molecule has 2 N–H and O–H groups in total. The molecule has 2 aromatic rings. The highest BCUT2D eigenvalue weighted by Crippen LogP contribution is 2.52. The largest absolute Gasteiger partial charge is 0.481 e. The molecule has 4 atom stereocenters. The number of amides is 1. The van der Waals surface area contributed by atoms with E-state index in [-0.39, 0.29) is 18.1 Å². The first-order valence-corrected chi connectivity index (χ1v) is 15.1. The van der Waals surface area contributed by atoms with Gasteiger partial charge >= 0.3 is 5.97 Å². The van der Waals surface area contributed by atoms with Gasteiger partial charge in [0.05, 0.1) is 35.0 Å². The van der Waals surface area contributed by atoms with E-state index in [0.717, 1.165) is 11.1 Å². The number of aliphatic carboxylic acids is 1. The van der Waals surface area contributed by atoms with Gasteiger partial charge < -0.3 is 15.1 Å². The molecule has 0 aromatic heterocycles. The smallest absolute Gasteiger partial charge is 0.304 e. The maximum Gasteiger partial charge on any atom is 0.304 e. The van der Waals surface area contributed by atoms with Gasteiger partial charge in [0.1, 0.15) is 0 Å². The molecule has 0 bridgehead atoms. The summed E-state index contributed by atoms with van der Waals surface area (Å²) >= 11 is 12.5. The molecular weight excluding hydrogens is 549 g/mol. The number of carboxylic acids is 1. The molecule has 0 radical (unpaired) electrons. The summed E-state index contributed by atoms with van der Waals surface area (Å²) < 4.78 is 26.3.